The third kappa shape index (κ3) is 2.66. The second-order valence-electron chi connectivity index (χ2n) is 6.72. The molecular formula is C22H19NO3S. The van der Waals surface area contributed by atoms with Crippen molar-refractivity contribution >= 4 is 21.4 Å². The molecule has 4 rings (SSSR count). The van der Waals surface area contributed by atoms with Crippen molar-refractivity contribution in [3.8, 4) is 0 Å². The molecule has 1 unspecified atom stereocenters. The molecule has 0 radical (unpaired) electrons. The van der Waals surface area contributed by atoms with E-state index in [1.54, 1.807) is 42.3 Å². The summed E-state index contributed by atoms with van der Waals surface area (Å²) in [5.74, 6) is -0.539. The Balaban J connectivity index is 1.97. The number of carbonyl (C=O) groups excluding carboxylic acids is 1. The van der Waals surface area contributed by atoms with Gasteiger partial charge in [0, 0.05) is 12.7 Å². The Morgan fingerprint density at radius 2 is 1.37 bits per heavy atom. The summed E-state index contributed by atoms with van der Waals surface area (Å²) >= 11 is 0. The van der Waals surface area contributed by atoms with Crippen molar-refractivity contribution in [2.24, 2.45) is 0 Å². The first-order valence-corrected chi connectivity index (χ1v) is 10.3. The number of sulfone groups is 1. The number of hydrogen-bond donors (Lipinski definition) is 0. The van der Waals surface area contributed by atoms with Gasteiger partial charge in [-0.05, 0) is 29.3 Å². The van der Waals surface area contributed by atoms with E-state index in [1.165, 1.54) is 0 Å². The first-order chi connectivity index (χ1) is 13.0. The van der Waals surface area contributed by atoms with Gasteiger partial charge in [-0.1, -0.05) is 66.7 Å². The van der Waals surface area contributed by atoms with Crippen molar-refractivity contribution in [1.29, 1.82) is 0 Å². The number of amides is 1. The van der Waals surface area contributed by atoms with E-state index in [4.69, 9.17) is 0 Å². The van der Waals surface area contributed by atoms with Gasteiger partial charge < -0.3 is 4.90 Å². The maximum atomic E-state index is 13.5. The lowest BCUT2D eigenvalue weighted by atomic mass is 9.77. The van der Waals surface area contributed by atoms with E-state index in [9.17, 15) is 13.2 Å². The van der Waals surface area contributed by atoms with Crippen LogP contribution < -0.4 is 4.90 Å². The van der Waals surface area contributed by atoms with Crippen LogP contribution in [0.2, 0.25) is 0 Å². The fourth-order valence-electron chi connectivity index (χ4n) is 3.86. The SMILES string of the molecule is CN1C(=O)C(CS(=O)(=O)c2ccccc2)(c2ccccc2)c2ccccc21. The quantitative estimate of drug-likeness (QED) is 0.700. The molecule has 0 aliphatic carbocycles. The normalized spacial score (nSPS) is 19.1. The van der Waals surface area contributed by atoms with E-state index >= 15 is 0 Å². The van der Waals surface area contributed by atoms with Crippen molar-refractivity contribution in [3.63, 3.8) is 0 Å². The summed E-state index contributed by atoms with van der Waals surface area (Å²) in [6.45, 7) is 0. The number of anilines is 1. The number of para-hydroxylation sites is 1. The molecule has 0 saturated heterocycles. The lowest BCUT2D eigenvalue weighted by Crippen LogP contribution is -2.45. The van der Waals surface area contributed by atoms with Crippen molar-refractivity contribution in [1.82, 2.24) is 0 Å². The van der Waals surface area contributed by atoms with Crippen LogP contribution in [0.1, 0.15) is 11.1 Å². The summed E-state index contributed by atoms with van der Waals surface area (Å²) < 4.78 is 26.5. The van der Waals surface area contributed by atoms with Crippen LogP contribution in [-0.2, 0) is 20.0 Å². The number of hydrogen-bond acceptors (Lipinski definition) is 3. The minimum absolute atomic E-state index is 0.222. The van der Waals surface area contributed by atoms with E-state index in [-0.39, 0.29) is 16.6 Å². The maximum absolute atomic E-state index is 13.5. The molecule has 4 nitrogen and oxygen atoms in total. The van der Waals surface area contributed by atoms with Gasteiger partial charge in [-0.25, -0.2) is 8.42 Å². The topological polar surface area (TPSA) is 54.5 Å². The number of nitrogens with zero attached hydrogens (tertiary/aromatic N) is 1. The minimum atomic E-state index is -3.70. The van der Waals surface area contributed by atoms with Gasteiger partial charge in [0.2, 0.25) is 5.91 Å². The highest BCUT2D eigenvalue weighted by Gasteiger charge is 2.53. The smallest absolute Gasteiger partial charge is 0.243 e. The molecule has 5 heteroatoms. The third-order valence-corrected chi connectivity index (χ3v) is 6.97. The third-order valence-electron chi connectivity index (χ3n) is 5.17. The van der Waals surface area contributed by atoms with E-state index in [0.717, 1.165) is 11.3 Å². The Labute approximate surface area is 159 Å². The Morgan fingerprint density at radius 1 is 0.815 bits per heavy atom. The molecule has 1 aliphatic heterocycles. The van der Waals surface area contributed by atoms with Gasteiger partial charge in [-0.2, -0.15) is 0 Å². The average Bonchev–Trinajstić information content (AvgIpc) is 2.92. The summed E-state index contributed by atoms with van der Waals surface area (Å²) in [5, 5.41) is 0. The summed E-state index contributed by atoms with van der Waals surface area (Å²) in [6.07, 6.45) is 0. The lowest BCUT2D eigenvalue weighted by Gasteiger charge is -2.28. The van der Waals surface area contributed by atoms with E-state index in [0.29, 0.717) is 5.56 Å². The van der Waals surface area contributed by atoms with Crippen molar-refractivity contribution < 1.29 is 13.2 Å². The van der Waals surface area contributed by atoms with Gasteiger partial charge in [0.15, 0.2) is 9.84 Å². The van der Waals surface area contributed by atoms with Crippen LogP contribution >= 0.6 is 0 Å². The fraction of sp³-hybridized carbons (Fsp3) is 0.136. The van der Waals surface area contributed by atoms with Crippen LogP contribution in [0.15, 0.2) is 89.8 Å². The zero-order valence-corrected chi connectivity index (χ0v) is 15.7. The zero-order chi connectivity index (χ0) is 19.1. The van der Waals surface area contributed by atoms with E-state index in [2.05, 4.69) is 0 Å². The predicted molar refractivity (Wildman–Crippen MR) is 106 cm³/mol. The van der Waals surface area contributed by atoms with Gasteiger partial charge in [0.05, 0.1) is 10.6 Å². The first-order valence-electron chi connectivity index (χ1n) is 8.68. The van der Waals surface area contributed by atoms with E-state index < -0.39 is 15.3 Å². The molecule has 1 amide bonds. The summed E-state index contributed by atoms with van der Waals surface area (Å²) in [5.41, 5.74) is 0.894. The van der Waals surface area contributed by atoms with Crippen LogP contribution in [0.4, 0.5) is 5.69 Å². The molecule has 0 aromatic heterocycles. The van der Waals surface area contributed by atoms with Crippen molar-refractivity contribution in [2.45, 2.75) is 10.3 Å². The molecule has 3 aromatic carbocycles. The lowest BCUT2D eigenvalue weighted by molar-refractivity contribution is -0.121. The standard InChI is InChI=1S/C22H19NO3S/c1-23-20-15-9-8-14-19(20)22(21(23)24,17-10-4-2-5-11-17)16-27(25,26)18-12-6-3-7-13-18/h2-15H,16H2,1H3. The van der Waals surface area contributed by atoms with Crippen LogP contribution in [0.3, 0.4) is 0 Å². The molecule has 1 atom stereocenters. The van der Waals surface area contributed by atoms with Crippen LogP contribution in [0.25, 0.3) is 0 Å². The minimum Gasteiger partial charge on any atom is -0.314 e. The predicted octanol–water partition coefficient (Wildman–Crippen LogP) is 3.42. The number of rotatable bonds is 4. The monoisotopic (exact) mass is 377 g/mol. The molecule has 3 aromatic rings. The molecule has 27 heavy (non-hydrogen) atoms. The number of carbonyl (C=O) groups is 1. The van der Waals surface area contributed by atoms with Crippen LogP contribution in [0.5, 0.6) is 0 Å². The largest absolute Gasteiger partial charge is 0.314 e. The number of benzene rings is 3. The second kappa shape index (κ2) is 6.35. The maximum Gasteiger partial charge on any atom is 0.243 e. The highest BCUT2D eigenvalue weighted by molar-refractivity contribution is 7.91. The number of fused-ring (bicyclic) bond motifs is 1. The van der Waals surface area contributed by atoms with Gasteiger partial charge >= 0.3 is 0 Å². The van der Waals surface area contributed by atoms with Gasteiger partial charge in [0.25, 0.3) is 0 Å². The average molecular weight is 377 g/mol. The molecule has 0 saturated carbocycles. The Hall–Kier alpha value is -2.92. The summed E-state index contributed by atoms with van der Waals surface area (Å²) in [6, 6.07) is 24.9. The molecular weight excluding hydrogens is 358 g/mol. The Bertz CT molecular complexity index is 1090. The van der Waals surface area contributed by atoms with Crippen molar-refractivity contribution in [2.75, 3.05) is 17.7 Å². The van der Waals surface area contributed by atoms with E-state index in [1.807, 2.05) is 54.6 Å². The second-order valence-corrected chi connectivity index (χ2v) is 8.71. The van der Waals surface area contributed by atoms with Gasteiger partial charge in [0.1, 0.15) is 5.41 Å². The van der Waals surface area contributed by atoms with Crippen LogP contribution in [-0.4, -0.2) is 27.1 Å². The van der Waals surface area contributed by atoms with Crippen molar-refractivity contribution in [3.05, 3.63) is 96.1 Å². The Kier molecular flexibility index (Phi) is 4.12. The summed E-state index contributed by atoms with van der Waals surface area (Å²) in [7, 11) is -2.00. The molecule has 0 fully saturated rings. The zero-order valence-electron chi connectivity index (χ0n) is 14.9. The molecule has 1 heterocycles. The summed E-state index contributed by atoms with van der Waals surface area (Å²) in [4.78, 5) is 15.2. The molecule has 0 bridgehead atoms. The number of likely N-dealkylation sites (N-methyl/N-ethyl adjacent to an activating group) is 1. The molecule has 0 N–H and O–H groups in total. The van der Waals surface area contributed by atoms with Gasteiger partial charge in [-0.3, -0.25) is 4.79 Å². The Morgan fingerprint density at radius 3 is 2.04 bits per heavy atom. The fourth-order valence-corrected chi connectivity index (χ4v) is 5.61. The van der Waals surface area contributed by atoms with Gasteiger partial charge in [-0.15, -0.1) is 0 Å². The van der Waals surface area contributed by atoms with Crippen LogP contribution in [0, 0.1) is 0 Å². The highest BCUT2D eigenvalue weighted by Crippen LogP contribution is 2.46. The first kappa shape index (κ1) is 17.5. The molecule has 1 aliphatic rings. The highest BCUT2D eigenvalue weighted by atomic mass is 32.2. The molecule has 136 valence electrons. The molecule has 0 spiro atoms.